The largest absolute Gasteiger partial charge is 0.210 e. The SMILES string of the molecule is CC(C)c1ccc[n+](-c2ccccc2)c1. The molecule has 0 unspecified atom stereocenters. The van der Waals surface area contributed by atoms with E-state index in [1.807, 2.05) is 6.07 Å². The molecule has 0 saturated heterocycles. The molecule has 1 aromatic carbocycles. The van der Waals surface area contributed by atoms with Crippen molar-refractivity contribution in [2.45, 2.75) is 19.8 Å². The van der Waals surface area contributed by atoms with Crippen LogP contribution in [-0.2, 0) is 0 Å². The minimum absolute atomic E-state index is 0.571. The van der Waals surface area contributed by atoms with Crippen molar-refractivity contribution < 1.29 is 4.57 Å². The number of benzene rings is 1. The van der Waals surface area contributed by atoms with Gasteiger partial charge in [0.1, 0.15) is 0 Å². The Labute approximate surface area is 91.0 Å². The van der Waals surface area contributed by atoms with Gasteiger partial charge in [0.05, 0.1) is 0 Å². The fourth-order valence-corrected chi connectivity index (χ4v) is 1.60. The summed E-state index contributed by atoms with van der Waals surface area (Å²) in [6.45, 7) is 4.43. The van der Waals surface area contributed by atoms with E-state index < -0.39 is 0 Å². The minimum atomic E-state index is 0.571. The second-order valence-corrected chi connectivity index (χ2v) is 4.03. The van der Waals surface area contributed by atoms with Crippen molar-refractivity contribution in [2.24, 2.45) is 0 Å². The van der Waals surface area contributed by atoms with Crippen molar-refractivity contribution in [2.75, 3.05) is 0 Å². The van der Waals surface area contributed by atoms with E-state index in [-0.39, 0.29) is 0 Å². The van der Waals surface area contributed by atoms with Crippen LogP contribution < -0.4 is 4.57 Å². The predicted molar refractivity (Wildman–Crippen MR) is 62.1 cm³/mol. The quantitative estimate of drug-likeness (QED) is 0.653. The number of para-hydroxylation sites is 1. The fraction of sp³-hybridized carbons (Fsp3) is 0.214. The zero-order valence-electron chi connectivity index (χ0n) is 9.22. The molecular weight excluding hydrogens is 182 g/mol. The minimum Gasteiger partial charge on any atom is -0.167 e. The summed E-state index contributed by atoms with van der Waals surface area (Å²) in [6.07, 6.45) is 4.28. The molecule has 0 aliphatic rings. The number of aromatic nitrogens is 1. The van der Waals surface area contributed by atoms with Gasteiger partial charge in [0, 0.05) is 23.8 Å². The van der Waals surface area contributed by atoms with Crippen molar-refractivity contribution in [3.05, 3.63) is 60.4 Å². The van der Waals surface area contributed by atoms with Gasteiger partial charge in [-0.1, -0.05) is 32.0 Å². The van der Waals surface area contributed by atoms with Crippen molar-refractivity contribution in [1.29, 1.82) is 0 Å². The molecule has 0 N–H and O–H groups in total. The maximum atomic E-state index is 2.21. The number of rotatable bonds is 2. The summed E-state index contributed by atoms with van der Waals surface area (Å²) < 4.78 is 2.16. The second-order valence-electron chi connectivity index (χ2n) is 4.03. The molecule has 76 valence electrons. The molecule has 0 saturated carbocycles. The van der Waals surface area contributed by atoms with E-state index in [1.54, 1.807) is 0 Å². The summed E-state index contributed by atoms with van der Waals surface area (Å²) in [5.74, 6) is 0.571. The van der Waals surface area contributed by atoms with Gasteiger partial charge in [-0.3, -0.25) is 0 Å². The van der Waals surface area contributed by atoms with Crippen LogP contribution in [0.5, 0.6) is 0 Å². The maximum absolute atomic E-state index is 2.21. The van der Waals surface area contributed by atoms with Gasteiger partial charge >= 0.3 is 0 Å². The highest BCUT2D eigenvalue weighted by Gasteiger charge is 2.07. The lowest BCUT2D eigenvalue weighted by atomic mass is 10.1. The maximum Gasteiger partial charge on any atom is 0.210 e. The van der Waals surface area contributed by atoms with E-state index in [4.69, 9.17) is 0 Å². The summed E-state index contributed by atoms with van der Waals surface area (Å²) in [6, 6.07) is 14.7. The Hall–Kier alpha value is -1.63. The Morgan fingerprint density at radius 3 is 2.33 bits per heavy atom. The summed E-state index contributed by atoms with van der Waals surface area (Å²) in [5, 5.41) is 0. The molecule has 0 atom stereocenters. The Morgan fingerprint density at radius 1 is 0.933 bits per heavy atom. The first-order valence-electron chi connectivity index (χ1n) is 5.34. The Bertz CT molecular complexity index is 432. The lowest BCUT2D eigenvalue weighted by Gasteiger charge is -2.02. The molecule has 0 spiro atoms. The monoisotopic (exact) mass is 198 g/mol. The normalized spacial score (nSPS) is 10.6. The van der Waals surface area contributed by atoms with Crippen LogP contribution in [0.4, 0.5) is 0 Å². The van der Waals surface area contributed by atoms with Crippen LogP contribution >= 0.6 is 0 Å². The van der Waals surface area contributed by atoms with Gasteiger partial charge in [-0.25, -0.2) is 0 Å². The van der Waals surface area contributed by atoms with Gasteiger partial charge < -0.3 is 0 Å². The summed E-state index contributed by atoms with van der Waals surface area (Å²) >= 11 is 0. The van der Waals surface area contributed by atoms with Crippen LogP contribution in [0.3, 0.4) is 0 Å². The molecule has 15 heavy (non-hydrogen) atoms. The molecule has 0 fully saturated rings. The summed E-state index contributed by atoms with van der Waals surface area (Å²) in [4.78, 5) is 0. The summed E-state index contributed by atoms with van der Waals surface area (Å²) in [7, 11) is 0. The molecule has 2 rings (SSSR count). The zero-order valence-corrected chi connectivity index (χ0v) is 9.22. The third-order valence-corrected chi connectivity index (χ3v) is 2.54. The molecule has 0 aliphatic heterocycles. The lowest BCUT2D eigenvalue weighted by Crippen LogP contribution is -2.30. The molecule has 1 aromatic heterocycles. The first kappa shape index (κ1) is 9.91. The molecule has 1 heteroatoms. The van der Waals surface area contributed by atoms with Crippen LogP contribution in [0.15, 0.2) is 54.9 Å². The van der Waals surface area contributed by atoms with Gasteiger partial charge in [-0.15, -0.1) is 0 Å². The van der Waals surface area contributed by atoms with Gasteiger partial charge in [0.2, 0.25) is 5.69 Å². The number of nitrogens with zero attached hydrogens (tertiary/aromatic N) is 1. The molecule has 0 bridgehead atoms. The second kappa shape index (κ2) is 4.26. The topological polar surface area (TPSA) is 3.88 Å². The van der Waals surface area contributed by atoms with Gasteiger partial charge in [-0.05, 0) is 12.0 Å². The van der Waals surface area contributed by atoms with Crippen LogP contribution in [0.2, 0.25) is 0 Å². The van der Waals surface area contributed by atoms with E-state index in [2.05, 4.69) is 67.2 Å². The van der Waals surface area contributed by atoms with Crippen LogP contribution in [0.1, 0.15) is 25.3 Å². The van der Waals surface area contributed by atoms with E-state index >= 15 is 0 Å². The fourth-order valence-electron chi connectivity index (χ4n) is 1.60. The molecule has 1 heterocycles. The third-order valence-electron chi connectivity index (χ3n) is 2.54. The Balaban J connectivity index is 2.42. The highest BCUT2D eigenvalue weighted by Crippen LogP contribution is 2.11. The first-order valence-corrected chi connectivity index (χ1v) is 5.34. The van der Waals surface area contributed by atoms with E-state index in [1.165, 1.54) is 11.3 Å². The van der Waals surface area contributed by atoms with Crippen molar-refractivity contribution in [3.8, 4) is 5.69 Å². The third kappa shape index (κ3) is 2.24. The molecule has 2 aromatic rings. The average Bonchev–Trinajstić information content (AvgIpc) is 2.30. The van der Waals surface area contributed by atoms with Crippen LogP contribution in [-0.4, -0.2) is 0 Å². The molecule has 1 nitrogen and oxygen atoms in total. The predicted octanol–water partition coefficient (Wildman–Crippen LogP) is 3.09. The standard InChI is InChI=1S/C14H16N/c1-12(2)13-7-6-10-15(11-13)14-8-4-3-5-9-14/h3-12H,1-2H3/q+1. The Morgan fingerprint density at radius 2 is 1.67 bits per heavy atom. The highest BCUT2D eigenvalue weighted by molar-refractivity contribution is 5.22. The average molecular weight is 198 g/mol. The lowest BCUT2D eigenvalue weighted by molar-refractivity contribution is -0.596. The van der Waals surface area contributed by atoms with Gasteiger partial charge in [0.15, 0.2) is 12.4 Å². The molecule has 0 radical (unpaired) electrons. The van der Waals surface area contributed by atoms with Crippen molar-refractivity contribution in [3.63, 3.8) is 0 Å². The highest BCUT2D eigenvalue weighted by atomic mass is 14.9. The van der Waals surface area contributed by atoms with Crippen LogP contribution in [0, 0.1) is 0 Å². The number of hydrogen-bond acceptors (Lipinski definition) is 0. The molecular formula is C14H16N+. The Kier molecular flexibility index (Phi) is 2.82. The van der Waals surface area contributed by atoms with Crippen LogP contribution in [0.25, 0.3) is 5.69 Å². The molecule has 0 aliphatic carbocycles. The van der Waals surface area contributed by atoms with Crippen molar-refractivity contribution in [1.82, 2.24) is 0 Å². The number of pyridine rings is 1. The molecule has 0 amide bonds. The van der Waals surface area contributed by atoms with E-state index in [0.717, 1.165) is 0 Å². The van der Waals surface area contributed by atoms with E-state index in [9.17, 15) is 0 Å². The van der Waals surface area contributed by atoms with Gasteiger partial charge in [-0.2, -0.15) is 4.57 Å². The van der Waals surface area contributed by atoms with E-state index in [0.29, 0.717) is 5.92 Å². The number of hydrogen-bond donors (Lipinski definition) is 0. The van der Waals surface area contributed by atoms with Crippen molar-refractivity contribution >= 4 is 0 Å². The zero-order chi connectivity index (χ0) is 10.7. The smallest absolute Gasteiger partial charge is 0.167 e. The van der Waals surface area contributed by atoms with Gasteiger partial charge in [0.25, 0.3) is 0 Å². The first-order chi connectivity index (χ1) is 7.27. The summed E-state index contributed by atoms with van der Waals surface area (Å²) in [5.41, 5.74) is 2.57.